The Bertz CT molecular complexity index is 278. The molecule has 0 aromatic rings. The van der Waals surface area contributed by atoms with Crippen LogP contribution in [0.3, 0.4) is 0 Å². The minimum Gasteiger partial charge on any atom is -0.481 e. The topological polar surface area (TPSA) is 46.5 Å². The first kappa shape index (κ1) is 8.58. The van der Waals surface area contributed by atoms with Gasteiger partial charge in [0.25, 0.3) is 0 Å². The molecule has 2 fully saturated rings. The van der Waals surface area contributed by atoms with E-state index in [2.05, 4.69) is 5.92 Å². The van der Waals surface area contributed by atoms with Crippen molar-refractivity contribution in [2.45, 2.75) is 37.9 Å². The Labute approximate surface area is 77.1 Å². The van der Waals surface area contributed by atoms with Gasteiger partial charge in [0.15, 0.2) is 0 Å². The molecule has 2 bridgehead atoms. The van der Waals surface area contributed by atoms with Crippen LogP contribution in [0.25, 0.3) is 0 Å². The molecule has 0 spiro atoms. The lowest BCUT2D eigenvalue weighted by molar-refractivity contribution is -0.151. The third-order valence-corrected chi connectivity index (χ3v) is 3.16. The summed E-state index contributed by atoms with van der Waals surface area (Å²) in [5.74, 6) is 1.66. The molecular formula is C10H12O3. The predicted octanol–water partition coefficient (Wildman–Crippen LogP) is 1.03. The Morgan fingerprint density at radius 3 is 2.85 bits per heavy atom. The number of terminal acetylenes is 1. The van der Waals surface area contributed by atoms with Gasteiger partial charge in [-0.25, -0.2) is 0 Å². The van der Waals surface area contributed by atoms with E-state index in [0.29, 0.717) is 12.8 Å². The molecule has 3 atom stereocenters. The van der Waals surface area contributed by atoms with Crippen molar-refractivity contribution in [2.75, 3.05) is 0 Å². The molecule has 0 saturated carbocycles. The van der Waals surface area contributed by atoms with Gasteiger partial charge in [-0.1, -0.05) is 0 Å². The highest BCUT2D eigenvalue weighted by Gasteiger charge is 2.56. The van der Waals surface area contributed by atoms with Gasteiger partial charge in [-0.2, -0.15) is 0 Å². The lowest BCUT2D eigenvalue weighted by Gasteiger charge is -2.28. The maximum absolute atomic E-state index is 11.1. The van der Waals surface area contributed by atoms with Gasteiger partial charge in [-0.05, 0) is 19.3 Å². The summed E-state index contributed by atoms with van der Waals surface area (Å²) in [6.07, 6.45) is 7.91. The highest BCUT2D eigenvalue weighted by atomic mass is 16.5. The summed E-state index contributed by atoms with van der Waals surface area (Å²) < 4.78 is 5.53. The number of carbonyl (C=O) groups is 1. The molecule has 1 N–H and O–H groups in total. The highest BCUT2D eigenvalue weighted by Crippen LogP contribution is 2.49. The molecule has 3 heteroatoms. The lowest BCUT2D eigenvalue weighted by Crippen LogP contribution is -2.39. The zero-order chi connectivity index (χ0) is 9.47. The molecule has 0 amide bonds. The number of rotatable bonds is 2. The van der Waals surface area contributed by atoms with Crippen LogP contribution in [-0.4, -0.2) is 23.3 Å². The number of carboxylic acid groups (broad SMARTS) is 1. The quantitative estimate of drug-likeness (QED) is 0.645. The Morgan fingerprint density at radius 1 is 1.69 bits per heavy atom. The third-order valence-electron chi connectivity index (χ3n) is 3.16. The van der Waals surface area contributed by atoms with Crippen molar-refractivity contribution >= 4 is 5.97 Å². The van der Waals surface area contributed by atoms with Gasteiger partial charge < -0.3 is 9.84 Å². The van der Waals surface area contributed by atoms with Crippen molar-refractivity contribution in [2.24, 2.45) is 5.41 Å². The first-order valence-electron chi connectivity index (χ1n) is 4.51. The van der Waals surface area contributed by atoms with Gasteiger partial charge in [0.05, 0.1) is 12.2 Å². The van der Waals surface area contributed by atoms with Crippen molar-refractivity contribution in [1.29, 1.82) is 0 Å². The summed E-state index contributed by atoms with van der Waals surface area (Å²) >= 11 is 0. The lowest BCUT2D eigenvalue weighted by atomic mass is 9.72. The number of hydrogen-bond donors (Lipinski definition) is 1. The zero-order valence-electron chi connectivity index (χ0n) is 7.32. The summed E-state index contributed by atoms with van der Waals surface area (Å²) in [5.41, 5.74) is -0.780. The van der Waals surface area contributed by atoms with E-state index in [4.69, 9.17) is 16.3 Å². The van der Waals surface area contributed by atoms with Crippen molar-refractivity contribution < 1.29 is 14.6 Å². The molecule has 2 saturated heterocycles. The van der Waals surface area contributed by atoms with E-state index in [1.807, 2.05) is 0 Å². The van der Waals surface area contributed by atoms with Crippen molar-refractivity contribution in [3.8, 4) is 12.3 Å². The maximum atomic E-state index is 11.1. The second-order valence-corrected chi connectivity index (χ2v) is 3.87. The van der Waals surface area contributed by atoms with Crippen molar-refractivity contribution in [1.82, 2.24) is 0 Å². The summed E-state index contributed by atoms with van der Waals surface area (Å²) in [4.78, 5) is 11.1. The molecule has 3 nitrogen and oxygen atoms in total. The Hall–Kier alpha value is -1.01. The normalized spacial score (nSPS) is 41.8. The Balaban J connectivity index is 2.26. The van der Waals surface area contributed by atoms with Crippen molar-refractivity contribution in [3.05, 3.63) is 0 Å². The summed E-state index contributed by atoms with van der Waals surface area (Å²) in [5, 5.41) is 9.14. The fourth-order valence-electron chi connectivity index (χ4n) is 2.47. The van der Waals surface area contributed by atoms with Gasteiger partial charge in [0.2, 0.25) is 0 Å². The average Bonchev–Trinajstić information content (AvgIpc) is 2.64. The molecule has 2 aliphatic rings. The molecule has 2 rings (SSSR count). The minimum atomic E-state index is -0.794. The third kappa shape index (κ3) is 1.06. The molecule has 0 aromatic heterocycles. The van der Waals surface area contributed by atoms with E-state index in [0.717, 1.165) is 12.8 Å². The molecule has 2 heterocycles. The second-order valence-electron chi connectivity index (χ2n) is 3.87. The monoisotopic (exact) mass is 180 g/mol. The SMILES string of the molecule is C#CCC1(C(=O)O)CC2CCC1O2. The van der Waals surface area contributed by atoms with Crippen LogP contribution in [-0.2, 0) is 9.53 Å². The van der Waals surface area contributed by atoms with E-state index < -0.39 is 11.4 Å². The number of hydrogen-bond acceptors (Lipinski definition) is 2. The molecule has 0 radical (unpaired) electrons. The van der Waals surface area contributed by atoms with E-state index in [1.165, 1.54) is 0 Å². The minimum absolute atomic E-state index is 0.134. The van der Waals surface area contributed by atoms with Crippen LogP contribution in [0.5, 0.6) is 0 Å². The zero-order valence-corrected chi connectivity index (χ0v) is 7.32. The first-order chi connectivity index (χ1) is 6.19. The molecule has 70 valence electrons. The van der Waals surface area contributed by atoms with E-state index in [9.17, 15) is 4.79 Å². The molecule has 0 aliphatic carbocycles. The van der Waals surface area contributed by atoms with Crippen LogP contribution in [0.15, 0.2) is 0 Å². The fourth-order valence-corrected chi connectivity index (χ4v) is 2.47. The number of aliphatic carboxylic acids is 1. The van der Waals surface area contributed by atoms with Crippen LogP contribution >= 0.6 is 0 Å². The molecule has 13 heavy (non-hydrogen) atoms. The van der Waals surface area contributed by atoms with Crippen LogP contribution in [0, 0.1) is 17.8 Å². The van der Waals surface area contributed by atoms with Gasteiger partial charge in [0, 0.05) is 6.42 Å². The molecule has 3 unspecified atom stereocenters. The summed E-state index contributed by atoms with van der Waals surface area (Å²) in [6.45, 7) is 0. The molecular weight excluding hydrogens is 168 g/mol. The van der Waals surface area contributed by atoms with E-state index in [1.54, 1.807) is 0 Å². The van der Waals surface area contributed by atoms with Gasteiger partial charge in [-0.15, -0.1) is 12.3 Å². The van der Waals surface area contributed by atoms with Crippen LogP contribution in [0.4, 0.5) is 0 Å². The standard InChI is InChI=1S/C10H12O3/c1-2-5-10(9(11)12)6-7-3-4-8(10)13-7/h1,7-8H,3-6H2,(H,11,12). The predicted molar refractivity (Wildman–Crippen MR) is 46.0 cm³/mol. The van der Waals surface area contributed by atoms with Gasteiger partial charge >= 0.3 is 5.97 Å². The molecule has 2 aliphatic heterocycles. The smallest absolute Gasteiger partial charge is 0.313 e. The number of carboxylic acids is 1. The van der Waals surface area contributed by atoms with E-state index in [-0.39, 0.29) is 12.2 Å². The van der Waals surface area contributed by atoms with Gasteiger partial charge in [0.1, 0.15) is 5.41 Å². The van der Waals surface area contributed by atoms with Crippen molar-refractivity contribution in [3.63, 3.8) is 0 Å². The first-order valence-corrected chi connectivity index (χ1v) is 4.51. The average molecular weight is 180 g/mol. The van der Waals surface area contributed by atoms with Crippen LogP contribution in [0.2, 0.25) is 0 Å². The largest absolute Gasteiger partial charge is 0.481 e. The Morgan fingerprint density at radius 2 is 2.46 bits per heavy atom. The fraction of sp³-hybridized carbons (Fsp3) is 0.700. The molecule has 0 aromatic carbocycles. The van der Waals surface area contributed by atoms with Gasteiger partial charge in [-0.3, -0.25) is 4.79 Å². The maximum Gasteiger partial charge on any atom is 0.313 e. The Kier molecular flexibility index (Phi) is 1.81. The second kappa shape index (κ2) is 2.74. The summed E-state index contributed by atoms with van der Waals surface area (Å²) in [7, 11) is 0. The van der Waals surface area contributed by atoms with E-state index >= 15 is 0 Å². The number of fused-ring (bicyclic) bond motifs is 2. The highest BCUT2D eigenvalue weighted by molar-refractivity contribution is 5.76. The number of ether oxygens (including phenoxy) is 1. The summed E-state index contributed by atoms with van der Waals surface area (Å²) in [6, 6.07) is 0. The van der Waals surface area contributed by atoms with Crippen LogP contribution < -0.4 is 0 Å². The van der Waals surface area contributed by atoms with Crippen LogP contribution in [0.1, 0.15) is 25.7 Å².